The molecule has 1 fully saturated rings. The monoisotopic (exact) mass is 269 g/mol. The van der Waals surface area contributed by atoms with Crippen LogP contribution < -0.4 is 14.8 Å². The zero-order chi connectivity index (χ0) is 13.5. The van der Waals surface area contributed by atoms with E-state index in [-0.39, 0.29) is 11.5 Å². The van der Waals surface area contributed by atoms with Crippen LogP contribution in [0.4, 0.5) is 14.5 Å². The van der Waals surface area contributed by atoms with Crippen LogP contribution in [0.1, 0.15) is 32.6 Å². The fraction of sp³-hybridized carbons (Fsp3) is 0.571. The van der Waals surface area contributed by atoms with E-state index in [1.165, 1.54) is 25.3 Å². The molecule has 19 heavy (non-hydrogen) atoms. The van der Waals surface area contributed by atoms with Crippen LogP contribution in [0.2, 0.25) is 0 Å². The van der Waals surface area contributed by atoms with Crippen LogP contribution in [-0.4, -0.2) is 12.3 Å². The molecule has 0 amide bonds. The zero-order valence-corrected chi connectivity index (χ0v) is 10.8. The van der Waals surface area contributed by atoms with Crippen molar-refractivity contribution < 1.29 is 18.3 Å². The number of rotatable bonds is 4. The Labute approximate surface area is 110 Å². The van der Waals surface area contributed by atoms with Crippen molar-refractivity contribution in [3.8, 4) is 11.5 Å². The SMILES string of the molecule is CC(CC1CCC1)Nc1ccc2c(c1)OC(F)(F)O2. The molecule has 1 atom stereocenters. The van der Waals surface area contributed by atoms with Gasteiger partial charge in [0.05, 0.1) is 0 Å². The number of anilines is 1. The maximum absolute atomic E-state index is 12.9. The first-order chi connectivity index (χ1) is 9.02. The Balaban J connectivity index is 1.63. The third-order valence-electron chi connectivity index (χ3n) is 3.73. The Bertz CT molecular complexity index is 475. The molecule has 3 nitrogen and oxygen atoms in total. The largest absolute Gasteiger partial charge is 0.586 e. The first kappa shape index (κ1) is 12.5. The number of fused-ring (bicyclic) bond motifs is 1. The third-order valence-corrected chi connectivity index (χ3v) is 3.73. The van der Waals surface area contributed by atoms with Crippen molar-refractivity contribution in [1.29, 1.82) is 0 Å². The van der Waals surface area contributed by atoms with Crippen molar-refractivity contribution in [1.82, 2.24) is 0 Å². The smallest absolute Gasteiger partial charge is 0.395 e. The summed E-state index contributed by atoms with van der Waals surface area (Å²) in [6.07, 6.45) is 1.51. The lowest BCUT2D eigenvalue weighted by molar-refractivity contribution is -0.286. The van der Waals surface area contributed by atoms with Gasteiger partial charge in [-0.25, -0.2) is 0 Å². The standard InChI is InChI=1S/C14H17F2NO2/c1-9(7-10-3-2-4-10)17-11-5-6-12-13(8-11)19-14(15,16)18-12/h5-6,8-10,17H,2-4,7H2,1H3. The van der Waals surface area contributed by atoms with Gasteiger partial charge in [0.25, 0.3) is 0 Å². The molecule has 1 unspecified atom stereocenters. The van der Waals surface area contributed by atoms with Gasteiger partial charge in [-0.2, -0.15) is 0 Å². The quantitative estimate of drug-likeness (QED) is 0.896. The van der Waals surface area contributed by atoms with Crippen molar-refractivity contribution in [3.05, 3.63) is 18.2 Å². The van der Waals surface area contributed by atoms with E-state index in [2.05, 4.69) is 21.7 Å². The molecule has 1 saturated carbocycles. The van der Waals surface area contributed by atoms with Crippen molar-refractivity contribution in [2.45, 2.75) is 44.9 Å². The zero-order valence-electron chi connectivity index (χ0n) is 10.8. The number of halogens is 2. The van der Waals surface area contributed by atoms with Gasteiger partial charge < -0.3 is 14.8 Å². The highest BCUT2D eigenvalue weighted by molar-refractivity contribution is 5.56. The second kappa shape index (κ2) is 4.54. The normalized spacial score (nSPS) is 21.8. The number of ether oxygens (including phenoxy) is 2. The summed E-state index contributed by atoms with van der Waals surface area (Å²) in [6.45, 7) is 2.11. The van der Waals surface area contributed by atoms with Crippen LogP contribution in [0.25, 0.3) is 0 Å². The molecule has 0 radical (unpaired) electrons. The van der Waals surface area contributed by atoms with Crippen molar-refractivity contribution in [2.75, 3.05) is 5.32 Å². The average molecular weight is 269 g/mol. The molecule has 1 aromatic carbocycles. The molecule has 1 aromatic rings. The van der Waals surface area contributed by atoms with Crippen molar-refractivity contribution in [2.24, 2.45) is 5.92 Å². The molecule has 1 N–H and O–H groups in total. The molecule has 104 valence electrons. The Kier molecular flexibility index (Phi) is 2.99. The summed E-state index contributed by atoms with van der Waals surface area (Å²) in [4.78, 5) is 0. The molecule has 2 aliphatic rings. The summed E-state index contributed by atoms with van der Waals surface area (Å²) in [7, 11) is 0. The van der Waals surface area contributed by atoms with Gasteiger partial charge in [-0.3, -0.25) is 0 Å². The summed E-state index contributed by atoms with van der Waals surface area (Å²) in [5.74, 6) is 0.980. The van der Waals surface area contributed by atoms with E-state index in [1.807, 2.05) is 0 Å². The summed E-state index contributed by atoms with van der Waals surface area (Å²) in [5.41, 5.74) is 0.784. The van der Waals surface area contributed by atoms with E-state index in [9.17, 15) is 8.78 Å². The van der Waals surface area contributed by atoms with E-state index >= 15 is 0 Å². The summed E-state index contributed by atoms with van der Waals surface area (Å²) >= 11 is 0. The lowest BCUT2D eigenvalue weighted by Gasteiger charge is -2.28. The van der Waals surface area contributed by atoms with E-state index in [0.29, 0.717) is 6.04 Å². The van der Waals surface area contributed by atoms with E-state index < -0.39 is 6.29 Å². The van der Waals surface area contributed by atoms with Gasteiger partial charge in [0, 0.05) is 17.8 Å². The van der Waals surface area contributed by atoms with Gasteiger partial charge in [0.1, 0.15) is 0 Å². The van der Waals surface area contributed by atoms with Crippen molar-refractivity contribution in [3.63, 3.8) is 0 Å². The number of nitrogens with one attached hydrogen (secondary N) is 1. The van der Waals surface area contributed by atoms with Crippen LogP contribution >= 0.6 is 0 Å². The molecule has 0 bridgehead atoms. The highest BCUT2D eigenvalue weighted by Gasteiger charge is 2.43. The maximum atomic E-state index is 12.9. The van der Waals surface area contributed by atoms with Gasteiger partial charge in [-0.15, -0.1) is 8.78 Å². The number of benzene rings is 1. The molecule has 1 aliphatic carbocycles. The molecule has 1 heterocycles. The minimum absolute atomic E-state index is 0.0854. The van der Waals surface area contributed by atoms with E-state index in [0.717, 1.165) is 18.0 Å². The summed E-state index contributed by atoms with van der Waals surface area (Å²) in [6, 6.07) is 5.13. The van der Waals surface area contributed by atoms with Gasteiger partial charge in [0.2, 0.25) is 0 Å². The van der Waals surface area contributed by atoms with E-state index in [1.54, 1.807) is 12.1 Å². The molecular formula is C14H17F2NO2. The Morgan fingerprint density at radius 3 is 2.74 bits per heavy atom. The topological polar surface area (TPSA) is 30.5 Å². The highest BCUT2D eigenvalue weighted by Crippen LogP contribution is 2.42. The molecule has 0 spiro atoms. The molecule has 0 aromatic heterocycles. The second-order valence-corrected chi connectivity index (χ2v) is 5.41. The summed E-state index contributed by atoms with van der Waals surface area (Å²) < 4.78 is 34.6. The minimum Gasteiger partial charge on any atom is -0.395 e. The molecule has 3 rings (SSSR count). The fourth-order valence-corrected chi connectivity index (χ4v) is 2.61. The predicted octanol–water partition coefficient (Wildman–Crippen LogP) is 4.00. The molecule has 0 saturated heterocycles. The second-order valence-electron chi connectivity index (χ2n) is 5.41. The number of hydrogen-bond acceptors (Lipinski definition) is 3. The Morgan fingerprint density at radius 2 is 2.05 bits per heavy atom. The maximum Gasteiger partial charge on any atom is 0.586 e. The minimum atomic E-state index is -3.54. The van der Waals surface area contributed by atoms with Gasteiger partial charge in [-0.1, -0.05) is 19.3 Å². The number of hydrogen-bond donors (Lipinski definition) is 1. The van der Waals surface area contributed by atoms with Crippen molar-refractivity contribution >= 4 is 5.69 Å². The lowest BCUT2D eigenvalue weighted by Crippen LogP contribution is -2.26. The van der Waals surface area contributed by atoms with Crippen LogP contribution in [0, 0.1) is 5.92 Å². The fourth-order valence-electron chi connectivity index (χ4n) is 2.61. The average Bonchev–Trinajstić information content (AvgIpc) is 2.57. The first-order valence-corrected chi connectivity index (χ1v) is 6.68. The van der Waals surface area contributed by atoms with Gasteiger partial charge in [-0.05, 0) is 31.4 Å². The first-order valence-electron chi connectivity index (χ1n) is 6.68. The van der Waals surface area contributed by atoms with Crippen LogP contribution in [0.5, 0.6) is 11.5 Å². The Morgan fingerprint density at radius 1 is 1.32 bits per heavy atom. The van der Waals surface area contributed by atoms with Gasteiger partial charge in [0.15, 0.2) is 11.5 Å². The predicted molar refractivity (Wildman–Crippen MR) is 67.7 cm³/mol. The van der Waals surface area contributed by atoms with Crippen LogP contribution in [-0.2, 0) is 0 Å². The van der Waals surface area contributed by atoms with Gasteiger partial charge >= 0.3 is 6.29 Å². The van der Waals surface area contributed by atoms with Crippen LogP contribution in [0.3, 0.4) is 0 Å². The lowest BCUT2D eigenvalue weighted by atomic mass is 9.81. The molecule has 1 aliphatic heterocycles. The molecular weight excluding hydrogens is 252 g/mol. The third kappa shape index (κ3) is 2.74. The number of alkyl halides is 2. The van der Waals surface area contributed by atoms with E-state index in [4.69, 9.17) is 0 Å². The summed E-state index contributed by atoms with van der Waals surface area (Å²) in [5, 5.41) is 3.32. The van der Waals surface area contributed by atoms with Crippen LogP contribution in [0.15, 0.2) is 18.2 Å². The molecule has 5 heteroatoms. The highest BCUT2D eigenvalue weighted by atomic mass is 19.3. The Hall–Kier alpha value is -1.52.